The van der Waals surface area contributed by atoms with Crippen LogP contribution in [0, 0.1) is 0 Å². The second kappa shape index (κ2) is 10.9. The fourth-order valence-corrected chi connectivity index (χ4v) is 3.58. The van der Waals surface area contributed by atoms with Crippen molar-refractivity contribution < 1.29 is 9.59 Å². The van der Waals surface area contributed by atoms with Crippen molar-refractivity contribution in [2.24, 2.45) is 0 Å². The molecule has 2 aromatic rings. The van der Waals surface area contributed by atoms with Gasteiger partial charge in [0.15, 0.2) is 0 Å². The molecule has 0 bridgehead atoms. The molecule has 4 nitrogen and oxygen atoms in total. The first-order valence-corrected chi connectivity index (χ1v) is 10.6. The van der Waals surface area contributed by atoms with Crippen molar-refractivity contribution in [3.8, 4) is 0 Å². The van der Waals surface area contributed by atoms with E-state index in [2.05, 4.69) is 5.32 Å². The molecule has 7 heteroatoms. The summed E-state index contributed by atoms with van der Waals surface area (Å²) in [5.74, 6) is -0.452. The lowest BCUT2D eigenvalue weighted by atomic mass is 10.1. The standard InChI is InChI=1S/C22H25Cl3N2O2/c1-4-14(2)26-22(29)15(3)27(13-16-7-5-8-17(23)11-16)21(28)12-18-19(24)9-6-10-20(18)25/h5-11,14-15H,4,12-13H2,1-3H3,(H,26,29)/t14-,15+/m0/s1. The van der Waals surface area contributed by atoms with E-state index in [0.717, 1.165) is 12.0 Å². The molecule has 29 heavy (non-hydrogen) atoms. The predicted octanol–water partition coefficient (Wildman–Crippen LogP) is 5.52. The first-order valence-electron chi connectivity index (χ1n) is 9.50. The van der Waals surface area contributed by atoms with Crippen LogP contribution in [0.5, 0.6) is 0 Å². The van der Waals surface area contributed by atoms with Crippen molar-refractivity contribution in [1.29, 1.82) is 0 Å². The molecule has 156 valence electrons. The molecule has 2 amide bonds. The highest BCUT2D eigenvalue weighted by Crippen LogP contribution is 2.26. The average molecular weight is 456 g/mol. The number of amides is 2. The fourth-order valence-electron chi connectivity index (χ4n) is 2.83. The van der Waals surface area contributed by atoms with E-state index in [-0.39, 0.29) is 30.8 Å². The molecule has 2 rings (SSSR count). The summed E-state index contributed by atoms with van der Waals surface area (Å²) in [5, 5.41) is 4.35. The van der Waals surface area contributed by atoms with E-state index < -0.39 is 6.04 Å². The number of benzene rings is 2. The molecule has 2 atom stereocenters. The van der Waals surface area contributed by atoms with Gasteiger partial charge in [0.05, 0.1) is 6.42 Å². The molecule has 0 heterocycles. The number of hydrogen-bond acceptors (Lipinski definition) is 2. The summed E-state index contributed by atoms with van der Waals surface area (Å²) in [6.07, 6.45) is 0.802. The normalized spacial score (nSPS) is 12.9. The lowest BCUT2D eigenvalue weighted by Crippen LogP contribution is -2.49. The smallest absolute Gasteiger partial charge is 0.242 e. The maximum absolute atomic E-state index is 13.2. The molecule has 0 aromatic heterocycles. The van der Waals surface area contributed by atoms with Gasteiger partial charge in [0.25, 0.3) is 0 Å². The van der Waals surface area contributed by atoms with Crippen LogP contribution in [0.1, 0.15) is 38.3 Å². The van der Waals surface area contributed by atoms with E-state index in [1.54, 1.807) is 37.3 Å². The second-order valence-corrected chi connectivity index (χ2v) is 8.27. The Balaban J connectivity index is 2.29. The molecule has 0 spiro atoms. The molecular formula is C22H25Cl3N2O2. The Morgan fingerprint density at radius 1 is 1.03 bits per heavy atom. The van der Waals surface area contributed by atoms with Gasteiger partial charge >= 0.3 is 0 Å². The van der Waals surface area contributed by atoms with Crippen LogP contribution in [-0.2, 0) is 22.6 Å². The predicted molar refractivity (Wildman–Crippen MR) is 120 cm³/mol. The van der Waals surface area contributed by atoms with Gasteiger partial charge in [-0.3, -0.25) is 9.59 Å². The minimum atomic E-state index is -0.670. The summed E-state index contributed by atoms with van der Waals surface area (Å²) in [6, 6.07) is 11.7. The van der Waals surface area contributed by atoms with Crippen LogP contribution in [0.25, 0.3) is 0 Å². The Morgan fingerprint density at radius 3 is 2.24 bits per heavy atom. The summed E-state index contributed by atoms with van der Waals surface area (Å²) < 4.78 is 0. The van der Waals surface area contributed by atoms with E-state index in [4.69, 9.17) is 34.8 Å². The summed E-state index contributed by atoms with van der Waals surface area (Å²) in [6.45, 7) is 5.88. The van der Waals surface area contributed by atoms with Gasteiger partial charge in [-0.25, -0.2) is 0 Å². The highest BCUT2D eigenvalue weighted by atomic mass is 35.5. The van der Waals surface area contributed by atoms with E-state index in [0.29, 0.717) is 20.6 Å². The summed E-state index contributed by atoms with van der Waals surface area (Å²) in [5.41, 5.74) is 1.38. The monoisotopic (exact) mass is 454 g/mol. The van der Waals surface area contributed by atoms with Crippen molar-refractivity contribution in [3.63, 3.8) is 0 Å². The summed E-state index contributed by atoms with van der Waals surface area (Å²) in [4.78, 5) is 27.5. The van der Waals surface area contributed by atoms with Crippen LogP contribution in [0.15, 0.2) is 42.5 Å². The second-order valence-electron chi connectivity index (χ2n) is 7.02. The third-order valence-corrected chi connectivity index (χ3v) is 5.74. The number of nitrogens with one attached hydrogen (secondary N) is 1. The van der Waals surface area contributed by atoms with Crippen LogP contribution in [0.2, 0.25) is 15.1 Å². The first kappa shape index (κ1) is 23.5. The third kappa shape index (κ3) is 6.63. The summed E-state index contributed by atoms with van der Waals surface area (Å²) in [7, 11) is 0. The van der Waals surface area contributed by atoms with E-state index in [9.17, 15) is 9.59 Å². The van der Waals surface area contributed by atoms with Gasteiger partial charge in [-0.05, 0) is 55.7 Å². The van der Waals surface area contributed by atoms with Crippen molar-refractivity contribution in [2.75, 3.05) is 0 Å². The van der Waals surface area contributed by atoms with Crippen LogP contribution in [-0.4, -0.2) is 28.8 Å². The van der Waals surface area contributed by atoms with Crippen molar-refractivity contribution >= 4 is 46.6 Å². The molecule has 2 aromatic carbocycles. The Kier molecular flexibility index (Phi) is 8.81. The number of carbonyl (C=O) groups is 2. The number of nitrogens with zero attached hydrogens (tertiary/aromatic N) is 1. The van der Waals surface area contributed by atoms with Crippen molar-refractivity contribution in [2.45, 2.75) is 52.2 Å². The van der Waals surface area contributed by atoms with E-state index >= 15 is 0 Å². The highest BCUT2D eigenvalue weighted by molar-refractivity contribution is 6.36. The van der Waals surface area contributed by atoms with Gasteiger partial charge < -0.3 is 10.2 Å². The molecule has 0 aliphatic carbocycles. The molecule has 0 unspecified atom stereocenters. The quantitative estimate of drug-likeness (QED) is 0.569. The topological polar surface area (TPSA) is 49.4 Å². The fraction of sp³-hybridized carbons (Fsp3) is 0.364. The van der Waals surface area contributed by atoms with Gasteiger partial charge in [0.2, 0.25) is 11.8 Å². The zero-order valence-electron chi connectivity index (χ0n) is 16.7. The number of hydrogen-bond donors (Lipinski definition) is 1. The molecule has 0 saturated heterocycles. The summed E-state index contributed by atoms with van der Waals surface area (Å²) >= 11 is 18.6. The lowest BCUT2D eigenvalue weighted by molar-refractivity contribution is -0.140. The lowest BCUT2D eigenvalue weighted by Gasteiger charge is -2.30. The Morgan fingerprint density at radius 2 is 1.66 bits per heavy atom. The van der Waals surface area contributed by atoms with Crippen molar-refractivity contribution in [3.05, 3.63) is 68.7 Å². The number of carbonyl (C=O) groups excluding carboxylic acids is 2. The first-order chi connectivity index (χ1) is 13.7. The Hall–Kier alpha value is -1.75. The Labute approximate surface area is 187 Å². The van der Waals surface area contributed by atoms with Gasteiger partial charge in [-0.1, -0.05) is 59.9 Å². The largest absolute Gasteiger partial charge is 0.352 e. The van der Waals surface area contributed by atoms with Crippen LogP contribution >= 0.6 is 34.8 Å². The molecule has 0 radical (unpaired) electrons. The van der Waals surface area contributed by atoms with Crippen LogP contribution < -0.4 is 5.32 Å². The van der Waals surface area contributed by atoms with Gasteiger partial charge in [0.1, 0.15) is 6.04 Å². The Bertz CT molecular complexity index is 853. The van der Waals surface area contributed by atoms with Crippen LogP contribution in [0.4, 0.5) is 0 Å². The minimum absolute atomic E-state index is 0.0000235. The van der Waals surface area contributed by atoms with Gasteiger partial charge in [0, 0.05) is 27.7 Å². The maximum Gasteiger partial charge on any atom is 0.242 e. The molecule has 0 saturated carbocycles. The minimum Gasteiger partial charge on any atom is -0.352 e. The maximum atomic E-state index is 13.2. The van der Waals surface area contributed by atoms with E-state index in [1.807, 2.05) is 26.0 Å². The molecule has 0 fully saturated rings. The molecule has 0 aliphatic heterocycles. The average Bonchev–Trinajstić information content (AvgIpc) is 2.68. The highest BCUT2D eigenvalue weighted by Gasteiger charge is 2.27. The molecule has 1 N–H and O–H groups in total. The number of halogens is 3. The SMILES string of the molecule is CC[C@H](C)NC(=O)[C@@H](C)N(Cc1cccc(Cl)c1)C(=O)Cc1c(Cl)cccc1Cl. The van der Waals surface area contributed by atoms with Crippen LogP contribution in [0.3, 0.4) is 0 Å². The van der Waals surface area contributed by atoms with Gasteiger partial charge in [-0.15, -0.1) is 0 Å². The van der Waals surface area contributed by atoms with Gasteiger partial charge in [-0.2, -0.15) is 0 Å². The number of rotatable bonds is 8. The third-order valence-electron chi connectivity index (χ3n) is 4.80. The zero-order chi connectivity index (χ0) is 21.6. The zero-order valence-corrected chi connectivity index (χ0v) is 19.0. The van der Waals surface area contributed by atoms with E-state index in [1.165, 1.54) is 4.90 Å². The molecule has 0 aliphatic rings. The van der Waals surface area contributed by atoms with Crippen molar-refractivity contribution in [1.82, 2.24) is 10.2 Å². The molecular weight excluding hydrogens is 431 g/mol.